The van der Waals surface area contributed by atoms with Gasteiger partial charge >= 0.3 is 116 Å². The van der Waals surface area contributed by atoms with E-state index in [-0.39, 0.29) is 57.2 Å². The van der Waals surface area contributed by atoms with E-state index < -0.39 is 27.2 Å². The van der Waals surface area contributed by atoms with Crippen LogP contribution in [0.1, 0.15) is 0 Å². The Morgan fingerprint density at radius 1 is 0.667 bits per heavy atom. The van der Waals surface area contributed by atoms with E-state index >= 15 is 0 Å². The minimum absolute atomic E-state index is 0. The van der Waals surface area contributed by atoms with Gasteiger partial charge in [-0.3, -0.25) is 0 Å². The first-order valence-corrected chi connectivity index (χ1v) is 5.50. The second-order valence-corrected chi connectivity index (χ2v) is 3.37. The summed E-state index contributed by atoms with van der Waals surface area (Å²) in [5, 5.41) is 0. The van der Waals surface area contributed by atoms with Crippen LogP contribution in [0.15, 0.2) is 0 Å². The smallest absolute Gasteiger partial charge is 2.00 e. The van der Waals surface area contributed by atoms with Crippen molar-refractivity contribution >= 4 is 37.7 Å². The Labute approximate surface area is 115 Å². The Hall–Kier alpha value is 1.99. The van der Waals surface area contributed by atoms with E-state index in [1.54, 1.807) is 0 Å². The van der Waals surface area contributed by atoms with Gasteiger partial charge in [-0.25, -0.2) is 0 Å². The standard InChI is InChI=1S/Ca.2Cr.8O.Zn/q+2;;;;;;;4*-1;+2. The van der Waals surface area contributed by atoms with Gasteiger partial charge in [-0.2, -0.15) is 0 Å². The van der Waals surface area contributed by atoms with Gasteiger partial charge in [-0.15, -0.1) is 0 Å². The zero-order valence-electron chi connectivity index (χ0n) is 5.50. The summed E-state index contributed by atoms with van der Waals surface area (Å²) >= 11 is -11.5. The molecule has 0 unspecified atom stereocenters. The van der Waals surface area contributed by atoms with Crippen LogP contribution in [0.3, 0.4) is 0 Å². The Kier molecular flexibility index (Phi) is 18.8. The molecule has 12 heteroatoms. The van der Waals surface area contributed by atoms with Crippen LogP contribution in [0.4, 0.5) is 0 Å². The molecule has 0 N–H and O–H groups in total. The molecule has 0 aromatic rings. The fraction of sp³-hybridized carbons (Fsp3) is 0. The molecule has 0 aromatic heterocycles. The SMILES string of the molecule is [Ca+2].[O]=[Cr](=[O])([O-])[O-].[O]=[Cr](=[O])([O-])[O-].[Zn+2]. The molecule has 0 heterocycles. The van der Waals surface area contributed by atoms with Gasteiger partial charge in [0.2, 0.25) is 0 Å². The molecule has 0 fully saturated rings. The average Bonchev–Trinajstić information content (AvgIpc) is 1.12. The van der Waals surface area contributed by atoms with Crippen molar-refractivity contribution in [3.05, 3.63) is 0 Å². The van der Waals surface area contributed by atoms with Crippen LogP contribution in [0.25, 0.3) is 0 Å². The van der Waals surface area contributed by atoms with Crippen LogP contribution in [-0.2, 0) is 61.9 Å². The van der Waals surface area contributed by atoms with Gasteiger partial charge in [-0.05, 0) is 0 Å². The Morgan fingerprint density at radius 2 is 0.667 bits per heavy atom. The molecule has 0 rings (SSSR count). The van der Waals surface area contributed by atoms with Gasteiger partial charge in [0.1, 0.15) is 0 Å². The number of rotatable bonds is 0. The Morgan fingerprint density at radius 3 is 0.667 bits per heavy atom. The van der Waals surface area contributed by atoms with E-state index in [1.807, 2.05) is 0 Å². The normalized spacial score (nSPS) is 9.67. The van der Waals surface area contributed by atoms with Gasteiger partial charge in [-0.1, -0.05) is 0 Å². The van der Waals surface area contributed by atoms with E-state index in [0.29, 0.717) is 0 Å². The van der Waals surface area contributed by atoms with E-state index in [0.717, 1.165) is 0 Å². The molecular formula is CaCr2O8Zn. The predicted octanol–water partition coefficient (Wildman–Crippen LogP) is -5.62. The van der Waals surface area contributed by atoms with Crippen molar-refractivity contribution in [3.8, 4) is 0 Å². The molecule has 0 spiro atoms. The maximum atomic E-state index is 8.59. The van der Waals surface area contributed by atoms with Crippen LogP contribution in [0, 0.1) is 0 Å². The van der Waals surface area contributed by atoms with Crippen LogP contribution in [0.2, 0.25) is 0 Å². The summed E-state index contributed by atoms with van der Waals surface area (Å²) < 4.78 is 68.8. The topological polar surface area (TPSA) is 161 Å². The molecular weight excluding hydrogens is 337 g/mol. The Balaban J connectivity index is -0.0000000457. The quantitative estimate of drug-likeness (QED) is 0.395. The maximum Gasteiger partial charge on any atom is 2.00 e. The van der Waals surface area contributed by atoms with Gasteiger partial charge in [0.25, 0.3) is 0 Å². The zero-order valence-corrected chi connectivity index (χ0v) is 13.2. The van der Waals surface area contributed by atoms with E-state index in [2.05, 4.69) is 0 Å². The molecule has 0 amide bonds. The third-order valence-electron chi connectivity index (χ3n) is 0. The fourth-order valence-corrected chi connectivity index (χ4v) is 0. The molecule has 0 aliphatic rings. The van der Waals surface area contributed by atoms with Gasteiger partial charge < -0.3 is 0 Å². The molecule has 8 nitrogen and oxygen atoms in total. The molecule has 0 saturated carbocycles. The molecule has 0 bridgehead atoms. The monoisotopic (exact) mass is 336 g/mol. The van der Waals surface area contributed by atoms with E-state index in [4.69, 9.17) is 31.8 Å². The molecule has 0 aromatic carbocycles. The molecule has 0 aliphatic heterocycles. The minimum atomic E-state index is -5.75. The third kappa shape index (κ3) is 366. The second-order valence-electron chi connectivity index (χ2n) is 0.816. The third-order valence-corrected chi connectivity index (χ3v) is 0. The van der Waals surface area contributed by atoms with Gasteiger partial charge in [0.15, 0.2) is 0 Å². The molecule has 0 radical (unpaired) electrons. The first-order valence-electron chi connectivity index (χ1n) is 1.33. The van der Waals surface area contributed by atoms with Crippen LogP contribution >= 0.6 is 0 Å². The van der Waals surface area contributed by atoms with Crippen LogP contribution in [-0.4, -0.2) is 37.7 Å². The summed E-state index contributed by atoms with van der Waals surface area (Å²) in [6, 6.07) is 0. The van der Waals surface area contributed by atoms with Crippen LogP contribution < -0.4 is 16.6 Å². The number of hydrogen-bond acceptors (Lipinski definition) is 8. The molecule has 12 heavy (non-hydrogen) atoms. The average molecular weight is 337 g/mol. The van der Waals surface area contributed by atoms with E-state index in [1.165, 1.54) is 0 Å². The second kappa shape index (κ2) is 9.54. The van der Waals surface area contributed by atoms with Crippen molar-refractivity contribution in [1.82, 2.24) is 0 Å². The zero-order chi connectivity index (χ0) is 9.00. The van der Waals surface area contributed by atoms with Crippen molar-refractivity contribution in [1.29, 1.82) is 0 Å². The molecule has 64 valence electrons. The molecule has 0 aliphatic carbocycles. The summed E-state index contributed by atoms with van der Waals surface area (Å²) in [5.41, 5.74) is 0. The number of hydrogen-bond donors (Lipinski definition) is 0. The van der Waals surface area contributed by atoms with Crippen molar-refractivity contribution in [2.45, 2.75) is 0 Å². The van der Waals surface area contributed by atoms with Gasteiger partial charge in [0.05, 0.1) is 0 Å². The fourth-order valence-electron chi connectivity index (χ4n) is 0. The predicted molar refractivity (Wildman–Crippen MR) is 8.50 cm³/mol. The Bertz CT molecular complexity index is 213. The molecule has 0 saturated heterocycles. The van der Waals surface area contributed by atoms with Crippen molar-refractivity contribution in [2.75, 3.05) is 0 Å². The van der Waals surface area contributed by atoms with Crippen molar-refractivity contribution < 1.29 is 78.6 Å². The van der Waals surface area contributed by atoms with E-state index in [9.17, 15) is 0 Å². The summed E-state index contributed by atoms with van der Waals surface area (Å²) in [4.78, 5) is 0. The van der Waals surface area contributed by atoms with Gasteiger partial charge in [0, 0.05) is 0 Å². The first kappa shape index (κ1) is 23.7. The van der Waals surface area contributed by atoms with Crippen LogP contribution in [0.5, 0.6) is 0 Å². The minimum Gasteiger partial charge on any atom is 2.00 e. The largest absolute Gasteiger partial charge is 2.00 e. The summed E-state index contributed by atoms with van der Waals surface area (Å²) in [7, 11) is 0. The molecule has 0 atom stereocenters. The summed E-state index contributed by atoms with van der Waals surface area (Å²) in [5.74, 6) is 0. The van der Waals surface area contributed by atoms with Crippen molar-refractivity contribution in [2.24, 2.45) is 0 Å². The maximum absolute atomic E-state index is 8.59. The summed E-state index contributed by atoms with van der Waals surface area (Å²) in [6.45, 7) is 0. The summed E-state index contributed by atoms with van der Waals surface area (Å²) in [6.07, 6.45) is 0. The first-order chi connectivity index (χ1) is 4.00. The van der Waals surface area contributed by atoms with Crippen molar-refractivity contribution in [3.63, 3.8) is 0 Å².